The quantitative estimate of drug-likeness (QED) is 0.148. The van der Waals surface area contributed by atoms with E-state index in [1.807, 2.05) is 0 Å². The van der Waals surface area contributed by atoms with E-state index in [4.69, 9.17) is 0 Å². The van der Waals surface area contributed by atoms with Crippen LogP contribution in [-0.4, -0.2) is 4.57 Å². The molecule has 11 rings (SSSR count). The van der Waals surface area contributed by atoms with Gasteiger partial charge in [0.05, 0.1) is 22.4 Å². The molecule has 0 spiro atoms. The molecule has 2 heteroatoms. The fourth-order valence-electron chi connectivity index (χ4n) is 10.1. The van der Waals surface area contributed by atoms with Crippen molar-refractivity contribution in [1.29, 1.82) is 0 Å². The first-order valence-corrected chi connectivity index (χ1v) is 23.9. The lowest BCUT2D eigenvalue weighted by atomic mass is 9.78. The zero-order chi connectivity index (χ0) is 46.6. The highest BCUT2D eigenvalue weighted by Gasteiger charge is 2.25. The lowest BCUT2D eigenvalue weighted by molar-refractivity contribution is 0.569. The van der Waals surface area contributed by atoms with Gasteiger partial charge in [-0.3, -0.25) is 0 Å². The Morgan fingerprint density at radius 2 is 0.853 bits per heavy atom. The van der Waals surface area contributed by atoms with Crippen LogP contribution in [0.25, 0.3) is 82.8 Å². The first-order valence-electron chi connectivity index (χ1n) is 23.9. The molecule has 68 heavy (non-hydrogen) atoms. The Bertz CT molecular complexity index is 3580. The van der Waals surface area contributed by atoms with Gasteiger partial charge in [0.1, 0.15) is 0 Å². The molecule has 0 amide bonds. The zero-order valence-electron chi connectivity index (χ0n) is 39.8. The van der Waals surface area contributed by atoms with Gasteiger partial charge in [0, 0.05) is 33.3 Å². The van der Waals surface area contributed by atoms with Crippen LogP contribution in [0.3, 0.4) is 0 Å². The maximum atomic E-state index is 2.48. The van der Waals surface area contributed by atoms with Crippen LogP contribution in [0.1, 0.15) is 52.7 Å². The third-order valence-electron chi connectivity index (χ3n) is 13.7. The Kier molecular flexibility index (Phi) is 10.7. The van der Waals surface area contributed by atoms with Crippen LogP contribution in [0.5, 0.6) is 0 Å². The molecule has 2 nitrogen and oxygen atoms in total. The Labute approximate surface area is 401 Å². The number of hydrogen-bond acceptors (Lipinski definition) is 1. The smallest absolute Gasteiger partial charge is 0.0547 e. The average Bonchev–Trinajstić information content (AvgIpc) is 3.70. The van der Waals surface area contributed by atoms with E-state index in [2.05, 4.69) is 282 Å². The van der Waals surface area contributed by atoms with Crippen LogP contribution < -0.4 is 4.90 Å². The molecular formula is C66H56N2. The number of hydrogen-bond donors (Lipinski definition) is 0. The van der Waals surface area contributed by atoms with E-state index in [1.54, 1.807) is 0 Å². The zero-order valence-corrected chi connectivity index (χ0v) is 39.8. The first-order chi connectivity index (χ1) is 33.0. The average molecular weight is 877 g/mol. The third kappa shape index (κ3) is 7.76. The number of anilines is 3. The molecule has 0 unspecified atom stereocenters. The summed E-state index contributed by atoms with van der Waals surface area (Å²) in [6.45, 7) is 13.9. The number of aromatic nitrogens is 1. The summed E-state index contributed by atoms with van der Waals surface area (Å²) in [5, 5.41) is 4.95. The summed E-state index contributed by atoms with van der Waals surface area (Å²) < 4.78 is 2.41. The highest BCUT2D eigenvalue weighted by atomic mass is 15.1. The first kappa shape index (κ1) is 42.7. The minimum absolute atomic E-state index is 0.0113. The molecule has 10 aromatic carbocycles. The third-order valence-corrected chi connectivity index (χ3v) is 13.7. The minimum atomic E-state index is -0.0113. The lowest BCUT2D eigenvalue weighted by Gasteiger charge is -2.30. The van der Waals surface area contributed by atoms with E-state index >= 15 is 0 Å². The van der Waals surface area contributed by atoms with Crippen molar-refractivity contribution >= 4 is 49.6 Å². The summed E-state index contributed by atoms with van der Waals surface area (Å²) >= 11 is 0. The van der Waals surface area contributed by atoms with Crippen molar-refractivity contribution in [3.63, 3.8) is 0 Å². The van der Waals surface area contributed by atoms with Crippen molar-refractivity contribution in [2.75, 3.05) is 4.90 Å². The second-order valence-electron chi connectivity index (χ2n) is 20.2. The van der Waals surface area contributed by atoms with Crippen LogP contribution in [-0.2, 0) is 10.8 Å². The predicted molar refractivity (Wildman–Crippen MR) is 292 cm³/mol. The summed E-state index contributed by atoms with van der Waals surface area (Å²) in [7, 11) is 0. The predicted octanol–water partition coefficient (Wildman–Crippen LogP) is 18.7. The SMILES string of the molecule is CC(C)(C)c1cc(-c2cccc3cccc(-c4ccccc4N(c4ccc(-c5ccccc5)cc4)c4ccccc4-c4ccc5c6ccccc6n(-c6ccccc6)c5c4)c23)cc(C(C)(C)C)c1. The molecule has 0 aliphatic heterocycles. The Balaban J connectivity index is 1.15. The molecule has 0 radical (unpaired) electrons. The molecule has 0 atom stereocenters. The van der Waals surface area contributed by atoms with Gasteiger partial charge in [-0.05, 0) is 115 Å². The van der Waals surface area contributed by atoms with E-state index in [9.17, 15) is 0 Å². The molecule has 330 valence electrons. The second kappa shape index (κ2) is 17.0. The normalized spacial score (nSPS) is 12.0. The van der Waals surface area contributed by atoms with Gasteiger partial charge in [-0.15, -0.1) is 0 Å². The second-order valence-corrected chi connectivity index (χ2v) is 20.2. The molecule has 0 saturated heterocycles. The van der Waals surface area contributed by atoms with E-state index in [0.29, 0.717) is 0 Å². The molecule has 0 N–H and O–H groups in total. The molecule has 0 saturated carbocycles. The molecule has 0 fully saturated rings. The Hall–Kier alpha value is -7.94. The number of nitrogens with zero attached hydrogens (tertiary/aromatic N) is 2. The lowest BCUT2D eigenvalue weighted by Crippen LogP contribution is -2.16. The van der Waals surface area contributed by atoms with Crippen LogP contribution >= 0.6 is 0 Å². The van der Waals surface area contributed by atoms with Gasteiger partial charge in [-0.25, -0.2) is 0 Å². The van der Waals surface area contributed by atoms with E-state index in [-0.39, 0.29) is 10.8 Å². The topological polar surface area (TPSA) is 8.17 Å². The van der Waals surface area contributed by atoms with Gasteiger partial charge < -0.3 is 9.47 Å². The van der Waals surface area contributed by atoms with Crippen LogP contribution in [0.15, 0.2) is 231 Å². The molecule has 1 heterocycles. The minimum Gasteiger partial charge on any atom is -0.309 e. The fourth-order valence-corrected chi connectivity index (χ4v) is 10.1. The molecular weight excluding hydrogens is 821 g/mol. The van der Waals surface area contributed by atoms with Gasteiger partial charge in [0.2, 0.25) is 0 Å². The fraction of sp³-hybridized carbons (Fsp3) is 0.121. The number of fused-ring (bicyclic) bond motifs is 4. The molecule has 0 bridgehead atoms. The van der Waals surface area contributed by atoms with Crippen molar-refractivity contribution < 1.29 is 0 Å². The molecule has 0 aliphatic carbocycles. The van der Waals surface area contributed by atoms with Gasteiger partial charge in [0.15, 0.2) is 0 Å². The molecule has 0 aliphatic rings. The summed E-state index contributed by atoms with van der Waals surface area (Å²) in [5.74, 6) is 0. The number of benzene rings is 10. The number of rotatable bonds is 8. The summed E-state index contributed by atoms with van der Waals surface area (Å²) in [5.41, 5.74) is 19.0. The van der Waals surface area contributed by atoms with E-state index < -0.39 is 0 Å². The van der Waals surface area contributed by atoms with Crippen LogP contribution in [0.2, 0.25) is 0 Å². The summed E-state index contributed by atoms with van der Waals surface area (Å²) in [6, 6.07) is 85.1. The van der Waals surface area contributed by atoms with Crippen molar-refractivity contribution in [2.45, 2.75) is 52.4 Å². The largest absolute Gasteiger partial charge is 0.309 e. The highest BCUT2D eigenvalue weighted by molar-refractivity contribution is 6.12. The monoisotopic (exact) mass is 876 g/mol. The maximum Gasteiger partial charge on any atom is 0.0547 e. The summed E-state index contributed by atoms with van der Waals surface area (Å²) in [6.07, 6.45) is 0. The van der Waals surface area contributed by atoms with Gasteiger partial charge >= 0.3 is 0 Å². The highest BCUT2D eigenvalue weighted by Crippen LogP contribution is 2.48. The Morgan fingerprint density at radius 1 is 0.338 bits per heavy atom. The van der Waals surface area contributed by atoms with Crippen molar-refractivity contribution in [3.8, 4) is 50.2 Å². The van der Waals surface area contributed by atoms with Gasteiger partial charge in [0.25, 0.3) is 0 Å². The van der Waals surface area contributed by atoms with Crippen LogP contribution in [0.4, 0.5) is 17.1 Å². The van der Waals surface area contributed by atoms with Gasteiger partial charge in [-0.2, -0.15) is 0 Å². The molecule has 1 aromatic heterocycles. The Morgan fingerprint density at radius 3 is 1.53 bits per heavy atom. The molecule has 11 aromatic rings. The standard InChI is InChI=1S/C66H56N2/c1-65(2,3)50-41-49(42-51(44-50)66(4,5)6)55-30-19-23-47-24-20-31-59(64(47)55)57-29-15-18-34-62(57)67(53-38-35-46(36-39-53)45-21-9-7-10-22-45)60-32-16-13-27-54(60)48-37-40-58-56-28-14-17-33-61(56)68(63(58)43-48)52-25-11-8-12-26-52/h7-44H,1-6H3. The summed E-state index contributed by atoms with van der Waals surface area (Å²) in [4.78, 5) is 2.48. The van der Waals surface area contributed by atoms with Gasteiger partial charge in [-0.1, -0.05) is 224 Å². The van der Waals surface area contributed by atoms with Crippen LogP contribution in [0, 0.1) is 0 Å². The maximum absolute atomic E-state index is 2.48. The van der Waals surface area contributed by atoms with E-state index in [0.717, 1.165) is 39.4 Å². The van der Waals surface area contributed by atoms with E-state index in [1.165, 1.54) is 71.5 Å². The van der Waals surface area contributed by atoms with Crippen molar-refractivity contribution in [2.24, 2.45) is 0 Å². The van der Waals surface area contributed by atoms with Crippen molar-refractivity contribution in [3.05, 3.63) is 242 Å². The number of para-hydroxylation sites is 4. The van der Waals surface area contributed by atoms with Crippen molar-refractivity contribution in [1.82, 2.24) is 4.57 Å².